The SMILES string of the molecule is CN=C(NCC1(SC)CCOCC1)N1CCN(CC(=O)N2CCOCC2)CC1. The number of aliphatic imine (C=N–C) groups is 1. The van der Waals surface area contributed by atoms with Crippen molar-refractivity contribution < 1.29 is 14.3 Å². The van der Waals surface area contributed by atoms with E-state index in [1.54, 1.807) is 0 Å². The van der Waals surface area contributed by atoms with Gasteiger partial charge in [-0.1, -0.05) is 0 Å². The number of piperazine rings is 1. The number of carbonyl (C=O) groups is 1. The van der Waals surface area contributed by atoms with E-state index in [9.17, 15) is 4.79 Å². The van der Waals surface area contributed by atoms with Crippen molar-refractivity contribution in [3.05, 3.63) is 0 Å². The van der Waals surface area contributed by atoms with E-state index in [2.05, 4.69) is 26.4 Å². The van der Waals surface area contributed by atoms with Crippen molar-refractivity contribution in [3.63, 3.8) is 0 Å². The topological polar surface area (TPSA) is 69.6 Å². The summed E-state index contributed by atoms with van der Waals surface area (Å²) >= 11 is 1.94. The molecule has 9 heteroatoms. The maximum absolute atomic E-state index is 12.5. The molecule has 0 unspecified atom stereocenters. The van der Waals surface area contributed by atoms with Crippen molar-refractivity contribution in [2.24, 2.45) is 4.99 Å². The molecule has 0 aromatic rings. The van der Waals surface area contributed by atoms with Crippen LogP contribution in [0.1, 0.15) is 12.8 Å². The maximum Gasteiger partial charge on any atom is 0.236 e. The molecular formula is C19H35N5O3S. The van der Waals surface area contributed by atoms with Gasteiger partial charge in [0.2, 0.25) is 5.91 Å². The molecule has 0 radical (unpaired) electrons. The molecule has 0 saturated carbocycles. The molecule has 3 aliphatic rings. The lowest BCUT2D eigenvalue weighted by atomic mass is 9.99. The van der Waals surface area contributed by atoms with Gasteiger partial charge in [-0.3, -0.25) is 14.7 Å². The second kappa shape index (κ2) is 10.7. The Hall–Kier alpha value is -1.03. The molecule has 0 atom stereocenters. The highest BCUT2D eigenvalue weighted by Gasteiger charge is 2.32. The third-order valence-corrected chi connectivity index (χ3v) is 7.43. The first-order valence-corrected chi connectivity index (χ1v) is 11.5. The first-order valence-electron chi connectivity index (χ1n) is 10.3. The van der Waals surface area contributed by atoms with Gasteiger partial charge in [-0.05, 0) is 19.1 Å². The molecule has 3 saturated heterocycles. The second-order valence-corrected chi connectivity index (χ2v) is 8.93. The zero-order valence-corrected chi connectivity index (χ0v) is 18.1. The number of hydrogen-bond acceptors (Lipinski definition) is 6. The summed E-state index contributed by atoms with van der Waals surface area (Å²) in [6, 6.07) is 0. The summed E-state index contributed by atoms with van der Waals surface area (Å²) in [7, 11) is 1.85. The van der Waals surface area contributed by atoms with Gasteiger partial charge in [0.15, 0.2) is 5.96 Å². The lowest BCUT2D eigenvalue weighted by molar-refractivity contribution is -0.136. The molecule has 0 aliphatic carbocycles. The molecule has 8 nitrogen and oxygen atoms in total. The van der Waals surface area contributed by atoms with Crippen LogP contribution >= 0.6 is 11.8 Å². The van der Waals surface area contributed by atoms with Crippen molar-refractivity contribution in [1.82, 2.24) is 20.0 Å². The number of morpholine rings is 1. The van der Waals surface area contributed by atoms with E-state index in [4.69, 9.17) is 9.47 Å². The fraction of sp³-hybridized carbons (Fsp3) is 0.895. The molecule has 0 aromatic carbocycles. The summed E-state index contributed by atoms with van der Waals surface area (Å²) in [5.74, 6) is 1.19. The molecule has 3 rings (SSSR count). The number of thioether (sulfide) groups is 1. The highest BCUT2D eigenvalue weighted by atomic mass is 32.2. The smallest absolute Gasteiger partial charge is 0.236 e. The number of carbonyl (C=O) groups excluding carboxylic acids is 1. The maximum atomic E-state index is 12.5. The van der Waals surface area contributed by atoms with Crippen LogP contribution in [-0.4, -0.2) is 123 Å². The van der Waals surface area contributed by atoms with Gasteiger partial charge in [0.05, 0.1) is 19.8 Å². The Labute approximate surface area is 173 Å². The summed E-state index contributed by atoms with van der Waals surface area (Å²) in [6.07, 6.45) is 4.35. The van der Waals surface area contributed by atoms with Gasteiger partial charge >= 0.3 is 0 Å². The van der Waals surface area contributed by atoms with Crippen LogP contribution in [0.5, 0.6) is 0 Å². The molecule has 1 N–H and O–H groups in total. The largest absolute Gasteiger partial charge is 0.381 e. The molecular weight excluding hydrogens is 378 g/mol. The number of hydrogen-bond donors (Lipinski definition) is 1. The monoisotopic (exact) mass is 413 g/mol. The van der Waals surface area contributed by atoms with Crippen molar-refractivity contribution in [2.45, 2.75) is 17.6 Å². The number of nitrogens with zero attached hydrogens (tertiary/aromatic N) is 4. The molecule has 3 fully saturated rings. The van der Waals surface area contributed by atoms with Gasteiger partial charge < -0.3 is 24.6 Å². The molecule has 3 heterocycles. The predicted octanol–water partition coefficient (Wildman–Crippen LogP) is -0.0496. The molecule has 3 aliphatic heterocycles. The zero-order chi connectivity index (χ0) is 19.8. The van der Waals surface area contributed by atoms with Crippen LogP contribution in [0.2, 0.25) is 0 Å². The van der Waals surface area contributed by atoms with Crippen molar-refractivity contribution in [1.29, 1.82) is 0 Å². The van der Waals surface area contributed by atoms with Gasteiger partial charge in [-0.2, -0.15) is 11.8 Å². The average molecular weight is 414 g/mol. The molecule has 0 bridgehead atoms. The minimum absolute atomic E-state index is 0.223. The first-order chi connectivity index (χ1) is 13.7. The van der Waals surface area contributed by atoms with E-state index in [1.807, 2.05) is 23.7 Å². The number of nitrogens with one attached hydrogen (secondary N) is 1. The van der Waals surface area contributed by atoms with Gasteiger partial charge in [0.25, 0.3) is 0 Å². The van der Waals surface area contributed by atoms with Crippen molar-refractivity contribution in [3.8, 4) is 0 Å². The number of amides is 1. The van der Waals surface area contributed by atoms with Gasteiger partial charge in [0, 0.05) is 70.8 Å². The van der Waals surface area contributed by atoms with Crippen LogP contribution in [0.4, 0.5) is 0 Å². The number of rotatable bonds is 5. The molecule has 28 heavy (non-hydrogen) atoms. The van der Waals surface area contributed by atoms with Crippen LogP contribution in [0, 0.1) is 0 Å². The van der Waals surface area contributed by atoms with Gasteiger partial charge in [-0.25, -0.2) is 0 Å². The van der Waals surface area contributed by atoms with Crippen LogP contribution in [0.15, 0.2) is 4.99 Å². The molecule has 1 amide bonds. The lowest BCUT2D eigenvalue weighted by Gasteiger charge is -2.40. The highest BCUT2D eigenvalue weighted by molar-refractivity contribution is 8.00. The Bertz CT molecular complexity index is 528. The first kappa shape index (κ1) is 21.7. The normalized spacial score (nSPS) is 24.3. The predicted molar refractivity (Wildman–Crippen MR) is 113 cm³/mol. The fourth-order valence-corrected chi connectivity index (χ4v) is 4.78. The Morgan fingerprint density at radius 2 is 1.64 bits per heavy atom. The summed E-state index contributed by atoms with van der Waals surface area (Å²) in [5, 5.41) is 3.60. The van der Waals surface area contributed by atoms with Crippen LogP contribution in [-0.2, 0) is 14.3 Å². The molecule has 0 aromatic heterocycles. The Balaban J connectivity index is 1.43. The Morgan fingerprint density at radius 3 is 2.25 bits per heavy atom. The van der Waals surface area contributed by atoms with E-state index in [0.29, 0.717) is 19.8 Å². The quantitative estimate of drug-likeness (QED) is 0.501. The van der Waals surface area contributed by atoms with E-state index >= 15 is 0 Å². The van der Waals surface area contributed by atoms with Gasteiger partial charge in [0.1, 0.15) is 0 Å². The second-order valence-electron chi connectivity index (χ2n) is 7.66. The number of ether oxygens (including phenoxy) is 2. The van der Waals surface area contributed by atoms with Gasteiger partial charge in [-0.15, -0.1) is 0 Å². The molecule has 0 spiro atoms. The minimum atomic E-state index is 0.223. The zero-order valence-electron chi connectivity index (χ0n) is 17.3. The molecule has 160 valence electrons. The third-order valence-electron chi connectivity index (χ3n) is 6.01. The highest BCUT2D eigenvalue weighted by Crippen LogP contribution is 2.33. The summed E-state index contributed by atoms with van der Waals surface area (Å²) < 4.78 is 11.1. The summed E-state index contributed by atoms with van der Waals surface area (Å²) in [4.78, 5) is 23.4. The van der Waals surface area contributed by atoms with Crippen LogP contribution < -0.4 is 5.32 Å². The average Bonchev–Trinajstić information content (AvgIpc) is 2.76. The lowest BCUT2D eigenvalue weighted by Crippen LogP contribution is -2.56. The number of guanidine groups is 1. The van der Waals surface area contributed by atoms with E-state index in [-0.39, 0.29) is 10.7 Å². The van der Waals surface area contributed by atoms with Crippen LogP contribution in [0.25, 0.3) is 0 Å². The minimum Gasteiger partial charge on any atom is -0.381 e. The van der Waals surface area contributed by atoms with E-state index < -0.39 is 0 Å². The van der Waals surface area contributed by atoms with E-state index in [1.165, 1.54) is 0 Å². The van der Waals surface area contributed by atoms with E-state index in [0.717, 1.165) is 77.8 Å². The van der Waals surface area contributed by atoms with Crippen molar-refractivity contribution >= 4 is 23.6 Å². The summed E-state index contributed by atoms with van der Waals surface area (Å²) in [6.45, 7) is 9.43. The van der Waals surface area contributed by atoms with Crippen molar-refractivity contribution in [2.75, 3.05) is 92.1 Å². The third kappa shape index (κ3) is 5.75. The Kier molecular flexibility index (Phi) is 8.25. The summed E-state index contributed by atoms with van der Waals surface area (Å²) in [5.41, 5.74) is 0. The Morgan fingerprint density at radius 1 is 1.00 bits per heavy atom. The fourth-order valence-electron chi connectivity index (χ4n) is 3.99. The standard InChI is InChI=1S/C19H35N5O3S/c1-20-18(21-16-19(28-2)3-11-26-12-4-19)24-7-5-22(6-8-24)15-17(25)23-9-13-27-14-10-23/h3-16H2,1-2H3,(H,20,21). The van der Waals surface area contributed by atoms with Crippen LogP contribution in [0.3, 0.4) is 0 Å².